The van der Waals surface area contributed by atoms with Gasteiger partial charge in [0.15, 0.2) is 11.5 Å². The summed E-state index contributed by atoms with van der Waals surface area (Å²) in [6.45, 7) is 1.81. The summed E-state index contributed by atoms with van der Waals surface area (Å²) in [5.41, 5.74) is 13.8. The van der Waals surface area contributed by atoms with Crippen molar-refractivity contribution in [1.82, 2.24) is 34.6 Å². The number of anilines is 2. The van der Waals surface area contributed by atoms with Crippen molar-refractivity contribution < 1.29 is 0 Å². The molecule has 0 aromatic carbocycles. The molecule has 0 radical (unpaired) electrons. The Balaban J connectivity index is 1.64. The molecule has 1 fully saturated rings. The second-order valence-corrected chi connectivity index (χ2v) is 5.90. The number of rotatable bonds is 3. The van der Waals surface area contributed by atoms with E-state index in [-0.39, 0.29) is 12.0 Å². The summed E-state index contributed by atoms with van der Waals surface area (Å²) in [7, 11) is 1.93. The fraction of sp³-hybridized carbons (Fsp3) is 0.429. The fourth-order valence-corrected chi connectivity index (χ4v) is 3.19. The first kappa shape index (κ1) is 13.9. The van der Waals surface area contributed by atoms with E-state index in [4.69, 9.17) is 11.5 Å². The van der Waals surface area contributed by atoms with Gasteiger partial charge in [-0.1, -0.05) is 0 Å². The van der Waals surface area contributed by atoms with Gasteiger partial charge in [0.25, 0.3) is 0 Å². The first-order chi connectivity index (χ1) is 11.1. The number of aromatic amines is 1. The lowest BCUT2D eigenvalue weighted by atomic mass is 10.2. The van der Waals surface area contributed by atoms with Gasteiger partial charge >= 0.3 is 0 Å². The summed E-state index contributed by atoms with van der Waals surface area (Å²) in [6, 6.07) is 2.24. The Labute approximate surface area is 132 Å². The number of likely N-dealkylation sites (tertiary alicyclic amines) is 1. The summed E-state index contributed by atoms with van der Waals surface area (Å²) in [5.74, 6) is 1.34. The number of hydrogen-bond donors (Lipinski definition) is 3. The first-order valence-electron chi connectivity index (χ1n) is 7.61. The molecule has 9 heteroatoms. The third-order valence-electron chi connectivity index (χ3n) is 4.23. The molecule has 0 amide bonds. The Morgan fingerprint density at radius 1 is 1.30 bits per heavy atom. The van der Waals surface area contributed by atoms with Gasteiger partial charge in [0, 0.05) is 19.8 Å². The molecule has 0 aliphatic carbocycles. The monoisotopic (exact) mass is 313 g/mol. The molecule has 3 aromatic heterocycles. The molecule has 3 aromatic rings. The number of imidazole rings is 1. The van der Waals surface area contributed by atoms with Crippen molar-refractivity contribution >= 4 is 22.9 Å². The van der Waals surface area contributed by atoms with Crippen molar-refractivity contribution in [3.8, 4) is 0 Å². The van der Waals surface area contributed by atoms with Crippen molar-refractivity contribution in [2.24, 2.45) is 7.05 Å². The zero-order valence-electron chi connectivity index (χ0n) is 12.9. The van der Waals surface area contributed by atoms with Gasteiger partial charge in [0.1, 0.15) is 11.3 Å². The van der Waals surface area contributed by atoms with E-state index >= 15 is 0 Å². The smallest absolute Gasteiger partial charge is 0.224 e. The van der Waals surface area contributed by atoms with Crippen LogP contribution in [0.2, 0.25) is 0 Å². The number of nitrogens with one attached hydrogen (secondary N) is 1. The second kappa shape index (κ2) is 5.20. The van der Waals surface area contributed by atoms with Crippen LogP contribution in [0, 0.1) is 0 Å². The molecule has 4 heterocycles. The van der Waals surface area contributed by atoms with Gasteiger partial charge in [-0.3, -0.25) is 9.58 Å². The van der Waals surface area contributed by atoms with E-state index in [0.29, 0.717) is 17.0 Å². The molecule has 4 rings (SSSR count). The highest BCUT2D eigenvalue weighted by atomic mass is 15.3. The van der Waals surface area contributed by atoms with Crippen molar-refractivity contribution in [2.75, 3.05) is 18.0 Å². The predicted octanol–water partition coefficient (Wildman–Crippen LogP) is 0.588. The van der Waals surface area contributed by atoms with E-state index in [1.54, 1.807) is 0 Å². The highest BCUT2D eigenvalue weighted by Crippen LogP contribution is 2.32. The minimum atomic E-state index is 0.143. The number of nitrogens with two attached hydrogens (primary N) is 2. The van der Waals surface area contributed by atoms with Gasteiger partial charge in [0.2, 0.25) is 5.95 Å². The molecule has 1 aliphatic rings. The van der Waals surface area contributed by atoms with Crippen molar-refractivity contribution in [3.63, 3.8) is 0 Å². The Hall–Kier alpha value is -2.68. The predicted molar refractivity (Wildman–Crippen MR) is 86.1 cm³/mol. The van der Waals surface area contributed by atoms with Crippen LogP contribution in [-0.4, -0.2) is 41.2 Å². The minimum absolute atomic E-state index is 0.143. The lowest BCUT2D eigenvalue weighted by molar-refractivity contribution is 0.237. The van der Waals surface area contributed by atoms with Crippen LogP contribution in [0.15, 0.2) is 12.3 Å². The minimum Gasteiger partial charge on any atom is -0.382 e. The molecule has 0 bridgehead atoms. The number of fused-ring (bicyclic) bond motifs is 1. The summed E-state index contributed by atoms with van der Waals surface area (Å²) >= 11 is 0. The molecule has 1 saturated heterocycles. The zero-order valence-corrected chi connectivity index (χ0v) is 12.9. The number of H-pyrrole nitrogens is 1. The maximum atomic E-state index is 5.90. The molecule has 5 N–H and O–H groups in total. The molecule has 9 nitrogen and oxygen atoms in total. The van der Waals surface area contributed by atoms with Crippen LogP contribution in [0.5, 0.6) is 0 Å². The molecule has 0 saturated carbocycles. The standard InChI is InChI=1S/C14H19N9/c1-22-6-4-8(21-22)7-23-5-2-3-9(23)12-17-10-11(15)18-14(16)20-13(10)19-12/h4,6,9H,2-3,5,7H2,1H3,(H5,15,16,17,18,19,20). The molecular formula is C14H19N9. The lowest BCUT2D eigenvalue weighted by Crippen LogP contribution is -2.23. The Morgan fingerprint density at radius 2 is 2.17 bits per heavy atom. The topological polar surface area (TPSA) is 128 Å². The Kier molecular flexibility index (Phi) is 3.15. The average molecular weight is 313 g/mol. The number of nitrogens with zero attached hydrogens (tertiary/aromatic N) is 6. The third kappa shape index (κ3) is 2.48. The highest BCUT2D eigenvalue weighted by Gasteiger charge is 2.29. The number of aromatic nitrogens is 6. The fourth-order valence-electron chi connectivity index (χ4n) is 3.19. The molecule has 1 unspecified atom stereocenters. The van der Waals surface area contributed by atoms with Crippen LogP contribution in [0.25, 0.3) is 11.2 Å². The first-order valence-corrected chi connectivity index (χ1v) is 7.61. The summed E-state index contributed by atoms with van der Waals surface area (Å²) in [5, 5.41) is 4.46. The average Bonchev–Trinajstić information content (AvgIpc) is 3.19. The maximum absolute atomic E-state index is 5.90. The van der Waals surface area contributed by atoms with Gasteiger partial charge in [0.05, 0.1) is 11.7 Å². The normalized spacial score (nSPS) is 18.9. The van der Waals surface area contributed by atoms with E-state index in [1.807, 2.05) is 24.0 Å². The van der Waals surface area contributed by atoms with Gasteiger partial charge in [-0.2, -0.15) is 15.1 Å². The van der Waals surface area contributed by atoms with Crippen molar-refractivity contribution in [1.29, 1.82) is 0 Å². The highest BCUT2D eigenvalue weighted by molar-refractivity contribution is 5.82. The van der Waals surface area contributed by atoms with E-state index in [1.165, 1.54) is 0 Å². The summed E-state index contributed by atoms with van der Waals surface area (Å²) in [6.07, 6.45) is 4.12. The molecule has 120 valence electrons. The Bertz CT molecular complexity index is 849. The van der Waals surface area contributed by atoms with Crippen LogP contribution in [-0.2, 0) is 13.6 Å². The van der Waals surface area contributed by atoms with Crippen molar-refractivity contribution in [2.45, 2.75) is 25.4 Å². The summed E-state index contributed by atoms with van der Waals surface area (Å²) in [4.78, 5) is 18.3. The van der Waals surface area contributed by atoms with Crippen LogP contribution in [0.1, 0.15) is 30.4 Å². The number of nitrogen functional groups attached to an aromatic ring is 2. The van der Waals surface area contributed by atoms with E-state index in [0.717, 1.165) is 37.4 Å². The van der Waals surface area contributed by atoms with Crippen LogP contribution >= 0.6 is 0 Å². The zero-order chi connectivity index (χ0) is 16.0. The number of aryl methyl sites for hydroxylation is 1. The second-order valence-electron chi connectivity index (χ2n) is 5.90. The van der Waals surface area contributed by atoms with E-state index in [9.17, 15) is 0 Å². The number of hydrogen-bond acceptors (Lipinski definition) is 7. The molecule has 1 atom stereocenters. The SMILES string of the molecule is Cn1ccc(CN2CCCC2c2nc3nc(N)nc(N)c3[nH]2)n1. The van der Waals surface area contributed by atoms with Crippen molar-refractivity contribution in [3.05, 3.63) is 23.8 Å². The largest absolute Gasteiger partial charge is 0.382 e. The Morgan fingerprint density at radius 3 is 2.96 bits per heavy atom. The van der Waals surface area contributed by atoms with Gasteiger partial charge in [-0.05, 0) is 25.5 Å². The molecule has 23 heavy (non-hydrogen) atoms. The van der Waals surface area contributed by atoms with Crippen LogP contribution in [0.4, 0.5) is 11.8 Å². The van der Waals surface area contributed by atoms with Crippen LogP contribution in [0.3, 0.4) is 0 Å². The quantitative estimate of drug-likeness (QED) is 0.645. The molecule has 0 spiro atoms. The van der Waals surface area contributed by atoms with Gasteiger partial charge in [-0.25, -0.2) is 4.98 Å². The van der Waals surface area contributed by atoms with Crippen LogP contribution < -0.4 is 11.5 Å². The van der Waals surface area contributed by atoms with Gasteiger partial charge in [-0.15, -0.1) is 0 Å². The third-order valence-corrected chi connectivity index (χ3v) is 4.23. The molecule has 1 aliphatic heterocycles. The lowest BCUT2D eigenvalue weighted by Gasteiger charge is -2.21. The van der Waals surface area contributed by atoms with E-state index < -0.39 is 0 Å². The summed E-state index contributed by atoms with van der Waals surface area (Å²) < 4.78 is 1.82. The maximum Gasteiger partial charge on any atom is 0.224 e. The van der Waals surface area contributed by atoms with E-state index in [2.05, 4.69) is 29.9 Å². The van der Waals surface area contributed by atoms with Gasteiger partial charge < -0.3 is 16.5 Å². The molecular weight excluding hydrogens is 294 g/mol.